The molecule has 1 fully saturated rings. The van der Waals surface area contributed by atoms with E-state index in [1.165, 1.54) is 16.0 Å². The van der Waals surface area contributed by atoms with Crippen molar-refractivity contribution in [3.05, 3.63) is 41.0 Å². The van der Waals surface area contributed by atoms with Crippen LogP contribution in [0.4, 0.5) is 0 Å². The zero-order valence-corrected chi connectivity index (χ0v) is 13.8. The summed E-state index contributed by atoms with van der Waals surface area (Å²) in [4.78, 5) is 19.3. The fourth-order valence-electron chi connectivity index (χ4n) is 3.24. The van der Waals surface area contributed by atoms with Gasteiger partial charge in [0.15, 0.2) is 0 Å². The molecule has 0 aliphatic carbocycles. The number of likely N-dealkylation sites (tertiary alicyclic amines) is 1. The summed E-state index contributed by atoms with van der Waals surface area (Å²) >= 11 is 1.66. The molecule has 5 heteroatoms. The maximum Gasteiger partial charge on any atom is 0.234 e. The van der Waals surface area contributed by atoms with E-state index < -0.39 is 0 Å². The number of hydrogen-bond donors (Lipinski definition) is 1. The fraction of sp³-hybridized carbons (Fsp3) is 0.412. The van der Waals surface area contributed by atoms with E-state index in [0.717, 1.165) is 25.1 Å². The highest BCUT2D eigenvalue weighted by molar-refractivity contribution is 7.13. The van der Waals surface area contributed by atoms with Crippen LogP contribution >= 0.6 is 11.3 Å². The Labute approximate surface area is 135 Å². The third-order valence-electron chi connectivity index (χ3n) is 4.52. The maximum absolute atomic E-state index is 11.6. The summed E-state index contributed by atoms with van der Waals surface area (Å²) in [5.74, 6) is -0.207. The van der Waals surface area contributed by atoms with E-state index in [1.54, 1.807) is 11.3 Å². The Hall–Kier alpha value is -1.72. The van der Waals surface area contributed by atoms with Crippen LogP contribution in [-0.2, 0) is 4.79 Å². The molecule has 1 aromatic heterocycles. The molecule has 116 valence electrons. The molecule has 2 heterocycles. The van der Waals surface area contributed by atoms with Crippen LogP contribution in [0.25, 0.3) is 10.4 Å². The van der Waals surface area contributed by atoms with Crippen molar-refractivity contribution >= 4 is 17.2 Å². The largest absolute Gasteiger partial charge is 0.368 e. The lowest BCUT2D eigenvalue weighted by Gasteiger charge is -2.29. The van der Waals surface area contributed by atoms with E-state index in [9.17, 15) is 4.79 Å². The zero-order chi connectivity index (χ0) is 15.7. The predicted molar refractivity (Wildman–Crippen MR) is 89.6 cm³/mol. The highest BCUT2D eigenvalue weighted by atomic mass is 32.1. The molecule has 4 nitrogen and oxygen atoms in total. The van der Waals surface area contributed by atoms with Gasteiger partial charge in [-0.3, -0.25) is 9.69 Å². The highest BCUT2D eigenvalue weighted by Crippen LogP contribution is 2.32. The van der Waals surface area contributed by atoms with Crippen molar-refractivity contribution in [3.8, 4) is 10.4 Å². The van der Waals surface area contributed by atoms with Crippen LogP contribution in [-0.4, -0.2) is 28.4 Å². The van der Waals surface area contributed by atoms with Crippen LogP contribution < -0.4 is 5.73 Å². The Bertz CT molecular complexity index is 665. The molecular formula is C17H21N3OS. The van der Waals surface area contributed by atoms with E-state index in [4.69, 9.17) is 5.73 Å². The average molecular weight is 315 g/mol. The second kappa shape index (κ2) is 6.18. The van der Waals surface area contributed by atoms with Crippen LogP contribution in [0.15, 0.2) is 29.8 Å². The molecule has 0 bridgehead atoms. The number of aryl methyl sites for hydroxylation is 1. The molecule has 22 heavy (non-hydrogen) atoms. The lowest BCUT2D eigenvalue weighted by atomic mass is 10.0. The first-order chi connectivity index (χ1) is 10.6. The number of carbonyl (C=O) groups is 1. The van der Waals surface area contributed by atoms with E-state index in [0.29, 0.717) is 0 Å². The van der Waals surface area contributed by atoms with Crippen molar-refractivity contribution < 1.29 is 4.79 Å². The van der Waals surface area contributed by atoms with Crippen molar-refractivity contribution in [1.29, 1.82) is 0 Å². The molecule has 2 aromatic rings. The smallest absolute Gasteiger partial charge is 0.234 e. The quantitative estimate of drug-likeness (QED) is 0.943. The molecule has 1 aliphatic rings. The molecule has 1 saturated heterocycles. The summed E-state index contributed by atoms with van der Waals surface area (Å²) in [6.45, 7) is 5.11. The summed E-state index contributed by atoms with van der Waals surface area (Å²) in [7, 11) is 0. The lowest BCUT2D eigenvalue weighted by molar-refractivity contribution is -0.122. The van der Waals surface area contributed by atoms with Gasteiger partial charge in [-0.2, -0.15) is 0 Å². The van der Waals surface area contributed by atoms with Crippen LogP contribution in [0.1, 0.15) is 37.1 Å². The first-order valence-corrected chi connectivity index (χ1v) is 8.51. The van der Waals surface area contributed by atoms with Crippen molar-refractivity contribution in [2.75, 3.05) is 6.54 Å². The molecule has 0 spiro atoms. The molecule has 0 saturated carbocycles. The van der Waals surface area contributed by atoms with Crippen LogP contribution in [0.5, 0.6) is 0 Å². The minimum Gasteiger partial charge on any atom is -0.368 e. The van der Waals surface area contributed by atoms with E-state index in [-0.39, 0.29) is 18.0 Å². The Morgan fingerprint density at radius 2 is 2.14 bits per heavy atom. The van der Waals surface area contributed by atoms with Gasteiger partial charge in [0.05, 0.1) is 22.1 Å². The van der Waals surface area contributed by atoms with Crippen molar-refractivity contribution in [1.82, 2.24) is 9.88 Å². The Balaban J connectivity index is 1.81. The number of primary amides is 1. The van der Waals surface area contributed by atoms with Crippen LogP contribution in [0.2, 0.25) is 0 Å². The summed E-state index contributed by atoms with van der Waals surface area (Å²) < 4.78 is 0. The van der Waals surface area contributed by atoms with Crippen LogP contribution in [0.3, 0.4) is 0 Å². The van der Waals surface area contributed by atoms with Crippen molar-refractivity contribution in [3.63, 3.8) is 0 Å². The molecule has 1 aromatic carbocycles. The highest BCUT2D eigenvalue weighted by Gasteiger charge is 2.32. The summed E-state index contributed by atoms with van der Waals surface area (Å²) in [5.41, 5.74) is 10.9. The summed E-state index contributed by atoms with van der Waals surface area (Å²) in [6.07, 6.45) is 1.91. The third kappa shape index (κ3) is 2.78. The van der Waals surface area contributed by atoms with Gasteiger partial charge in [-0.05, 0) is 44.4 Å². The van der Waals surface area contributed by atoms with Gasteiger partial charge < -0.3 is 5.73 Å². The van der Waals surface area contributed by atoms with Gasteiger partial charge >= 0.3 is 0 Å². The zero-order valence-electron chi connectivity index (χ0n) is 13.0. The number of rotatable bonds is 4. The van der Waals surface area contributed by atoms with Gasteiger partial charge in [0.25, 0.3) is 0 Å². The normalized spacial score (nSPS) is 20.2. The number of nitrogens with two attached hydrogens (primary N) is 1. The predicted octanol–water partition coefficient (Wildman–Crippen LogP) is 3.13. The number of aromatic nitrogens is 1. The number of carbonyl (C=O) groups excluding carboxylic acids is 1. The minimum absolute atomic E-state index is 0.126. The number of thiazole rings is 1. The standard InChI is InChI=1S/C17H21N3OS/c1-11-16(22-10-19-11)14-7-5-13(6-8-14)12(2)20-9-3-4-15(20)17(18)21/h5-8,10,12,15H,3-4,9H2,1-2H3,(H2,18,21)/t12?,15-/m0/s1. The second-order valence-electron chi connectivity index (χ2n) is 5.86. The Morgan fingerprint density at radius 1 is 1.41 bits per heavy atom. The fourth-order valence-corrected chi connectivity index (χ4v) is 4.05. The monoisotopic (exact) mass is 315 g/mol. The maximum atomic E-state index is 11.6. The SMILES string of the molecule is Cc1ncsc1-c1ccc(C(C)N2CCC[C@H]2C(N)=O)cc1. The molecule has 1 amide bonds. The first-order valence-electron chi connectivity index (χ1n) is 7.63. The van der Waals surface area contributed by atoms with Crippen LogP contribution in [0, 0.1) is 6.92 Å². The second-order valence-corrected chi connectivity index (χ2v) is 6.72. The Kier molecular flexibility index (Phi) is 4.27. The van der Waals surface area contributed by atoms with E-state index >= 15 is 0 Å². The third-order valence-corrected chi connectivity index (χ3v) is 5.50. The van der Waals surface area contributed by atoms with Gasteiger partial charge in [0.2, 0.25) is 5.91 Å². The van der Waals surface area contributed by atoms with Crippen molar-refractivity contribution in [2.45, 2.75) is 38.8 Å². The molecule has 2 N–H and O–H groups in total. The van der Waals surface area contributed by atoms with Gasteiger partial charge in [-0.15, -0.1) is 11.3 Å². The molecular weight excluding hydrogens is 294 g/mol. The number of hydrogen-bond acceptors (Lipinski definition) is 4. The van der Waals surface area contributed by atoms with Gasteiger partial charge in [0.1, 0.15) is 0 Å². The Morgan fingerprint density at radius 3 is 2.73 bits per heavy atom. The van der Waals surface area contributed by atoms with Crippen molar-refractivity contribution in [2.24, 2.45) is 5.73 Å². The van der Waals surface area contributed by atoms with E-state index in [1.807, 2.05) is 12.4 Å². The molecule has 1 unspecified atom stereocenters. The topological polar surface area (TPSA) is 59.2 Å². The number of amides is 1. The van der Waals surface area contributed by atoms with Gasteiger partial charge in [-0.1, -0.05) is 24.3 Å². The van der Waals surface area contributed by atoms with Gasteiger partial charge in [-0.25, -0.2) is 4.98 Å². The molecule has 0 radical (unpaired) electrons. The number of benzene rings is 1. The lowest BCUT2D eigenvalue weighted by Crippen LogP contribution is -2.41. The van der Waals surface area contributed by atoms with Gasteiger partial charge in [0, 0.05) is 6.04 Å². The number of nitrogens with zero attached hydrogens (tertiary/aromatic N) is 2. The first kappa shape index (κ1) is 15.2. The molecule has 3 rings (SSSR count). The average Bonchev–Trinajstić information content (AvgIpc) is 3.15. The van der Waals surface area contributed by atoms with E-state index in [2.05, 4.69) is 41.1 Å². The summed E-state index contributed by atoms with van der Waals surface area (Å²) in [6, 6.07) is 8.66. The molecule has 1 aliphatic heterocycles. The molecule has 2 atom stereocenters. The minimum atomic E-state index is -0.207. The summed E-state index contributed by atoms with van der Waals surface area (Å²) in [5, 5.41) is 0.